The number of carboxylic acids is 1. The Morgan fingerprint density at radius 3 is 1.97 bits per heavy atom. The van der Waals surface area contributed by atoms with Crippen molar-refractivity contribution in [2.75, 3.05) is 13.2 Å². The lowest BCUT2D eigenvalue weighted by atomic mass is 10.1. The van der Waals surface area contributed by atoms with Crippen LogP contribution in [0.25, 0.3) is 0 Å². The van der Waals surface area contributed by atoms with E-state index in [-0.39, 0.29) is 12.3 Å². The number of nitrogens with one attached hydrogen (secondary N) is 1. The van der Waals surface area contributed by atoms with Gasteiger partial charge in [0, 0.05) is 26.0 Å². The van der Waals surface area contributed by atoms with E-state index in [2.05, 4.69) is 36.5 Å². The third kappa shape index (κ3) is 8.54. The van der Waals surface area contributed by atoms with Crippen molar-refractivity contribution in [2.45, 2.75) is 51.7 Å². The summed E-state index contributed by atoms with van der Waals surface area (Å²) in [5, 5.41) is 12.3. The van der Waals surface area contributed by atoms with Crippen molar-refractivity contribution in [2.24, 2.45) is 0 Å². The topological polar surface area (TPSA) is 84.9 Å². The Bertz CT molecular complexity index is 1080. The fourth-order valence-electron chi connectivity index (χ4n) is 3.90. The summed E-state index contributed by atoms with van der Waals surface area (Å²) >= 11 is 0. The molecule has 6 nitrogen and oxygen atoms in total. The molecule has 0 radical (unpaired) electrons. The van der Waals surface area contributed by atoms with Gasteiger partial charge in [0.15, 0.2) is 12.2 Å². The molecule has 0 heterocycles. The molecule has 3 aromatic rings. The second-order valence-corrected chi connectivity index (χ2v) is 8.64. The zero-order valence-corrected chi connectivity index (χ0v) is 21.0. The Hall–Kier alpha value is -3.64. The first-order valence-electron chi connectivity index (χ1n) is 12.5. The number of benzene rings is 3. The number of amides is 1. The maximum absolute atomic E-state index is 13.1. The van der Waals surface area contributed by atoms with Crippen molar-refractivity contribution in [3.05, 3.63) is 101 Å². The fraction of sp³-hybridized carbons (Fsp3) is 0.333. The zero-order chi connectivity index (χ0) is 25.8. The molecule has 0 aliphatic heterocycles. The Morgan fingerprint density at radius 2 is 1.36 bits per heavy atom. The molecule has 0 fully saturated rings. The van der Waals surface area contributed by atoms with Gasteiger partial charge in [-0.05, 0) is 54.2 Å². The molecule has 3 aromatic carbocycles. The summed E-state index contributed by atoms with van der Waals surface area (Å²) in [7, 11) is 0. The highest BCUT2D eigenvalue weighted by Gasteiger charge is 2.22. The van der Waals surface area contributed by atoms with E-state index < -0.39 is 18.2 Å². The third-order valence-corrected chi connectivity index (χ3v) is 5.97. The van der Waals surface area contributed by atoms with E-state index in [1.54, 1.807) is 19.1 Å². The Kier molecular flexibility index (Phi) is 10.5. The van der Waals surface area contributed by atoms with Gasteiger partial charge in [-0.1, -0.05) is 73.7 Å². The minimum Gasteiger partial charge on any atom is -0.480 e. The average molecular weight is 490 g/mol. The quantitative estimate of drug-likeness (QED) is 0.345. The Labute approximate surface area is 213 Å². The molecule has 2 unspecified atom stereocenters. The summed E-state index contributed by atoms with van der Waals surface area (Å²) in [4.78, 5) is 24.5. The van der Waals surface area contributed by atoms with E-state index >= 15 is 0 Å². The van der Waals surface area contributed by atoms with Gasteiger partial charge in [0.05, 0.1) is 0 Å². The lowest BCUT2D eigenvalue weighted by Gasteiger charge is -2.20. The summed E-state index contributed by atoms with van der Waals surface area (Å²) in [6, 6.07) is 25.4. The number of hydrogen-bond acceptors (Lipinski definition) is 4. The standard InChI is InChI=1S/C30H35NO5/c1-3-22-10-12-23(13-11-22)18-19-31-29(32)27(20-24-8-6-5-7-9-24)36-26-16-14-25(15-17-26)21-28(30(33)34)35-4-2/h5-17,27-28H,3-4,18-21H2,1-2H3,(H,31,32)(H,33,34). The van der Waals surface area contributed by atoms with Crippen LogP contribution in [0.5, 0.6) is 5.75 Å². The van der Waals surface area contributed by atoms with E-state index in [9.17, 15) is 14.7 Å². The summed E-state index contributed by atoms with van der Waals surface area (Å²) < 4.78 is 11.4. The zero-order valence-electron chi connectivity index (χ0n) is 21.0. The molecule has 0 aliphatic carbocycles. The van der Waals surface area contributed by atoms with Gasteiger partial charge in [-0.15, -0.1) is 0 Å². The predicted molar refractivity (Wildman–Crippen MR) is 140 cm³/mol. The normalized spacial score (nSPS) is 12.5. The van der Waals surface area contributed by atoms with Crippen LogP contribution in [0, 0.1) is 0 Å². The molecule has 2 N–H and O–H groups in total. The number of carbonyl (C=O) groups is 2. The van der Waals surface area contributed by atoms with Crippen LogP contribution in [0.15, 0.2) is 78.9 Å². The van der Waals surface area contributed by atoms with Crippen LogP contribution in [0.3, 0.4) is 0 Å². The molecular formula is C30H35NO5. The smallest absolute Gasteiger partial charge is 0.333 e. The third-order valence-electron chi connectivity index (χ3n) is 5.97. The first-order valence-corrected chi connectivity index (χ1v) is 12.5. The van der Waals surface area contributed by atoms with Crippen LogP contribution in [0.2, 0.25) is 0 Å². The lowest BCUT2D eigenvalue weighted by molar-refractivity contribution is -0.150. The van der Waals surface area contributed by atoms with Crippen molar-refractivity contribution < 1.29 is 24.2 Å². The highest BCUT2D eigenvalue weighted by molar-refractivity contribution is 5.81. The molecule has 190 valence electrons. The second-order valence-electron chi connectivity index (χ2n) is 8.64. The number of carboxylic acid groups (broad SMARTS) is 1. The van der Waals surface area contributed by atoms with Gasteiger partial charge in [0.2, 0.25) is 0 Å². The molecule has 0 spiro atoms. The maximum Gasteiger partial charge on any atom is 0.333 e. The molecule has 0 saturated heterocycles. The molecule has 0 aromatic heterocycles. The van der Waals surface area contributed by atoms with Crippen molar-refractivity contribution in [1.29, 1.82) is 0 Å². The van der Waals surface area contributed by atoms with Crippen LogP contribution in [-0.2, 0) is 40.0 Å². The van der Waals surface area contributed by atoms with Crippen LogP contribution in [0.1, 0.15) is 36.1 Å². The summed E-state index contributed by atoms with van der Waals surface area (Å²) in [5.74, 6) is -0.609. The van der Waals surface area contributed by atoms with Crippen molar-refractivity contribution in [1.82, 2.24) is 5.32 Å². The summed E-state index contributed by atoms with van der Waals surface area (Å²) in [5.41, 5.74) is 4.30. The van der Waals surface area contributed by atoms with Crippen LogP contribution in [-0.4, -0.2) is 42.3 Å². The van der Waals surface area contributed by atoms with Crippen molar-refractivity contribution >= 4 is 11.9 Å². The minimum absolute atomic E-state index is 0.171. The predicted octanol–water partition coefficient (Wildman–Crippen LogP) is 4.63. The van der Waals surface area contributed by atoms with Gasteiger partial charge in [0.1, 0.15) is 5.75 Å². The monoisotopic (exact) mass is 489 g/mol. The number of hydrogen-bond donors (Lipinski definition) is 2. The molecular weight excluding hydrogens is 454 g/mol. The van der Waals surface area contributed by atoms with Gasteiger partial charge in [0.25, 0.3) is 5.91 Å². The van der Waals surface area contributed by atoms with Crippen molar-refractivity contribution in [3.8, 4) is 5.75 Å². The first kappa shape index (κ1) is 27.0. The van der Waals surface area contributed by atoms with E-state index in [4.69, 9.17) is 9.47 Å². The average Bonchev–Trinajstić information content (AvgIpc) is 2.90. The summed E-state index contributed by atoms with van der Waals surface area (Å²) in [6.07, 6.45) is 0.852. The number of ether oxygens (including phenoxy) is 2. The molecule has 36 heavy (non-hydrogen) atoms. The van der Waals surface area contributed by atoms with Gasteiger partial charge >= 0.3 is 5.97 Å². The van der Waals surface area contributed by atoms with Gasteiger partial charge in [-0.2, -0.15) is 0 Å². The molecule has 2 atom stereocenters. The number of rotatable bonds is 14. The van der Waals surface area contributed by atoms with E-state index in [1.165, 1.54) is 11.1 Å². The van der Waals surface area contributed by atoms with E-state index in [0.717, 1.165) is 24.0 Å². The van der Waals surface area contributed by atoms with Crippen LogP contribution in [0.4, 0.5) is 0 Å². The SMILES string of the molecule is CCOC(Cc1ccc(OC(Cc2ccccc2)C(=O)NCCc2ccc(CC)cc2)cc1)C(=O)O. The highest BCUT2D eigenvalue weighted by Crippen LogP contribution is 2.18. The van der Waals surface area contributed by atoms with Crippen LogP contribution < -0.4 is 10.1 Å². The molecule has 0 saturated carbocycles. The van der Waals surface area contributed by atoms with E-state index in [1.807, 2.05) is 42.5 Å². The summed E-state index contributed by atoms with van der Waals surface area (Å²) in [6.45, 7) is 4.75. The first-order chi connectivity index (χ1) is 17.5. The Morgan fingerprint density at radius 1 is 0.778 bits per heavy atom. The van der Waals surface area contributed by atoms with Gasteiger partial charge in [-0.3, -0.25) is 4.79 Å². The van der Waals surface area contributed by atoms with Crippen molar-refractivity contribution in [3.63, 3.8) is 0 Å². The number of aliphatic carboxylic acids is 1. The molecule has 0 bridgehead atoms. The second kappa shape index (κ2) is 14.0. The maximum atomic E-state index is 13.1. The van der Waals surface area contributed by atoms with Crippen LogP contribution >= 0.6 is 0 Å². The molecule has 3 rings (SSSR count). The largest absolute Gasteiger partial charge is 0.480 e. The minimum atomic E-state index is -0.988. The van der Waals surface area contributed by atoms with Gasteiger partial charge in [-0.25, -0.2) is 4.79 Å². The number of aryl methyl sites for hydroxylation is 1. The Balaban J connectivity index is 1.63. The van der Waals surface area contributed by atoms with E-state index in [0.29, 0.717) is 25.3 Å². The molecule has 0 aliphatic rings. The highest BCUT2D eigenvalue weighted by atomic mass is 16.5. The fourth-order valence-corrected chi connectivity index (χ4v) is 3.90. The lowest BCUT2D eigenvalue weighted by Crippen LogP contribution is -2.40. The molecule has 1 amide bonds. The number of carbonyl (C=O) groups excluding carboxylic acids is 1. The van der Waals surface area contributed by atoms with Gasteiger partial charge < -0.3 is 19.9 Å². The molecule has 6 heteroatoms.